The summed E-state index contributed by atoms with van der Waals surface area (Å²) in [7, 11) is 0. The third-order valence-electron chi connectivity index (χ3n) is 4.29. The number of halogens is 3. The average Bonchev–Trinajstić information content (AvgIpc) is 2.96. The zero-order valence-corrected chi connectivity index (χ0v) is 12.1. The molecule has 0 bridgehead atoms. The third kappa shape index (κ3) is 2.18. The van der Waals surface area contributed by atoms with Crippen molar-refractivity contribution in [3.63, 3.8) is 0 Å². The van der Waals surface area contributed by atoms with Crippen molar-refractivity contribution in [2.75, 3.05) is 0 Å². The highest BCUT2D eigenvalue weighted by molar-refractivity contribution is 7.07. The van der Waals surface area contributed by atoms with Crippen LogP contribution in [0.3, 0.4) is 0 Å². The Kier molecular flexibility index (Phi) is 3.20. The van der Waals surface area contributed by atoms with Crippen LogP contribution in [0.2, 0.25) is 0 Å². The molecule has 1 aliphatic heterocycles. The van der Waals surface area contributed by atoms with Gasteiger partial charge < -0.3 is 5.32 Å². The van der Waals surface area contributed by atoms with Crippen molar-refractivity contribution in [3.8, 4) is 0 Å². The molecule has 0 radical (unpaired) electrons. The van der Waals surface area contributed by atoms with Crippen LogP contribution in [0, 0.1) is 11.8 Å². The Morgan fingerprint density at radius 1 is 1.30 bits per heavy atom. The summed E-state index contributed by atoms with van der Waals surface area (Å²) in [5, 5.41) is 7.34. The Hall–Kier alpha value is -1.23. The molecule has 1 aromatic heterocycles. The molecule has 0 fully saturated rings. The van der Waals surface area contributed by atoms with E-state index in [-0.39, 0.29) is 12.0 Å². The molecule has 3 rings (SSSR count). The Morgan fingerprint density at radius 2 is 2.05 bits per heavy atom. The van der Waals surface area contributed by atoms with E-state index >= 15 is 0 Å². The quantitative estimate of drug-likeness (QED) is 0.784. The molecule has 1 nitrogen and oxygen atoms in total. The Morgan fingerprint density at radius 3 is 2.65 bits per heavy atom. The maximum absolute atomic E-state index is 13.0. The minimum atomic E-state index is -4.23. The Balaban J connectivity index is 1.92. The summed E-state index contributed by atoms with van der Waals surface area (Å²) in [4.78, 5) is 0. The van der Waals surface area contributed by atoms with Crippen molar-refractivity contribution in [2.45, 2.75) is 32.5 Å². The number of allylic oxidation sites excluding steroid dienone is 2. The van der Waals surface area contributed by atoms with Gasteiger partial charge in [-0.05, 0) is 46.4 Å². The number of nitrogens with one attached hydrogen (secondary N) is 1. The molecule has 3 atom stereocenters. The van der Waals surface area contributed by atoms with Gasteiger partial charge in [0.05, 0.1) is 6.04 Å². The molecule has 0 amide bonds. The van der Waals surface area contributed by atoms with Crippen LogP contribution >= 0.6 is 11.3 Å². The standard InChI is InChI=1S/C15H16F3NS/c1-8-5-11-9(2)14(10-3-4-20-7-10)19-13(11)6-12(8)15(16,17)18/h3-4,6-9,14,19H,5H2,1-2H3. The number of thiophene rings is 1. The predicted octanol–water partition coefficient (Wildman–Crippen LogP) is 4.81. The Bertz CT molecular complexity index is 568. The first-order valence-electron chi connectivity index (χ1n) is 6.68. The molecule has 3 unspecified atom stereocenters. The maximum Gasteiger partial charge on any atom is 0.413 e. The highest BCUT2D eigenvalue weighted by atomic mass is 32.1. The minimum absolute atomic E-state index is 0.0993. The lowest BCUT2D eigenvalue weighted by Crippen LogP contribution is -2.23. The van der Waals surface area contributed by atoms with Gasteiger partial charge in [0.2, 0.25) is 0 Å². The number of rotatable bonds is 1. The molecule has 0 spiro atoms. The van der Waals surface area contributed by atoms with E-state index in [2.05, 4.69) is 17.6 Å². The van der Waals surface area contributed by atoms with Crippen LogP contribution in [-0.2, 0) is 0 Å². The number of alkyl halides is 3. The Labute approximate surface area is 120 Å². The van der Waals surface area contributed by atoms with Crippen LogP contribution in [0.25, 0.3) is 0 Å². The zero-order valence-electron chi connectivity index (χ0n) is 11.3. The second-order valence-electron chi connectivity index (χ2n) is 5.61. The average molecular weight is 299 g/mol. The normalized spacial score (nSPS) is 30.1. The van der Waals surface area contributed by atoms with Crippen molar-refractivity contribution in [2.24, 2.45) is 11.8 Å². The van der Waals surface area contributed by atoms with Crippen molar-refractivity contribution >= 4 is 11.3 Å². The summed E-state index contributed by atoms with van der Waals surface area (Å²) >= 11 is 1.61. The fourth-order valence-electron chi connectivity index (χ4n) is 3.18. The highest BCUT2D eigenvalue weighted by Gasteiger charge is 2.42. The van der Waals surface area contributed by atoms with Gasteiger partial charge in [-0.25, -0.2) is 0 Å². The summed E-state index contributed by atoms with van der Waals surface area (Å²) in [6.07, 6.45) is -2.43. The summed E-state index contributed by atoms with van der Waals surface area (Å²) in [5.74, 6) is -0.215. The molecule has 108 valence electrons. The van der Waals surface area contributed by atoms with Gasteiger partial charge in [0.1, 0.15) is 0 Å². The van der Waals surface area contributed by atoms with E-state index in [1.807, 2.05) is 11.4 Å². The monoisotopic (exact) mass is 299 g/mol. The van der Waals surface area contributed by atoms with E-state index in [9.17, 15) is 13.2 Å². The summed E-state index contributed by atoms with van der Waals surface area (Å²) in [5.41, 5.74) is 2.55. The highest BCUT2D eigenvalue weighted by Crippen LogP contribution is 2.46. The molecule has 20 heavy (non-hydrogen) atoms. The minimum Gasteiger partial charge on any atom is -0.378 e. The first kappa shape index (κ1) is 13.7. The van der Waals surface area contributed by atoms with Gasteiger partial charge in [-0.1, -0.05) is 13.8 Å². The third-order valence-corrected chi connectivity index (χ3v) is 4.99. The maximum atomic E-state index is 13.0. The van der Waals surface area contributed by atoms with Gasteiger partial charge in [-0.3, -0.25) is 0 Å². The van der Waals surface area contributed by atoms with E-state index < -0.39 is 17.7 Å². The molecule has 2 aliphatic rings. The smallest absolute Gasteiger partial charge is 0.378 e. The van der Waals surface area contributed by atoms with Crippen LogP contribution in [0.1, 0.15) is 31.9 Å². The lowest BCUT2D eigenvalue weighted by atomic mass is 9.81. The fourth-order valence-corrected chi connectivity index (χ4v) is 3.88. The van der Waals surface area contributed by atoms with Crippen LogP contribution in [0.4, 0.5) is 13.2 Å². The van der Waals surface area contributed by atoms with Crippen molar-refractivity contribution in [3.05, 3.63) is 45.3 Å². The first-order valence-corrected chi connectivity index (χ1v) is 7.62. The van der Waals surface area contributed by atoms with Crippen LogP contribution < -0.4 is 5.32 Å². The topological polar surface area (TPSA) is 12.0 Å². The van der Waals surface area contributed by atoms with E-state index in [1.165, 1.54) is 6.08 Å². The van der Waals surface area contributed by atoms with E-state index in [1.54, 1.807) is 18.3 Å². The van der Waals surface area contributed by atoms with Gasteiger partial charge in [-0.15, -0.1) is 0 Å². The number of hydrogen-bond donors (Lipinski definition) is 1. The SMILES string of the molecule is CC1CC2=C(C=C1C(F)(F)F)NC(c1ccsc1)C2C. The van der Waals surface area contributed by atoms with Gasteiger partial charge in [-0.2, -0.15) is 24.5 Å². The molecule has 0 saturated carbocycles. The lowest BCUT2D eigenvalue weighted by molar-refractivity contribution is -0.0987. The fraction of sp³-hybridized carbons (Fsp3) is 0.467. The second kappa shape index (κ2) is 4.65. The van der Waals surface area contributed by atoms with Gasteiger partial charge in [0.15, 0.2) is 0 Å². The summed E-state index contributed by atoms with van der Waals surface area (Å²) in [6, 6.07) is 2.14. The molecule has 0 saturated heterocycles. The van der Waals surface area contributed by atoms with E-state index in [0.29, 0.717) is 12.1 Å². The van der Waals surface area contributed by atoms with Gasteiger partial charge in [0, 0.05) is 17.2 Å². The molecule has 0 aromatic carbocycles. The lowest BCUT2D eigenvalue weighted by Gasteiger charge is -2.25. The molecule has 1 aliphatic carbocycles. The summed E-state index contributed by atoms with van der Waals surface area (Å²) in [6.45, 7) is 3.75. The van der Waals surface area contributed by atoms with Crippen LogP contribution in [-0.4, -0.2) is 6.18 Å². The van der Waals surface area contributed by atoms with Gasteiger partial charge in [0.25, 0.3) is 0 Å². The van der Waals surface area contributed by atoms with Gasteiger partial charge >= 0.3 is 6.18 Å². The second-order valence-corrected chi connectivity index (χ2v) is 6.39. The largest absolute Gasteiger partial charge is 0.413 e. The van der Waals surface area contributed by atoms with E-state index in [0.717, 1.165) is 11.1 Å². The molecule has 1 aromatic rings. The molecule has 1 N–H and O–H groups in total. The molecule has 2 heterocycles. The number of hydrogen-bond acceptors (Lipinski definition) is 2. The van der Waals surface area contributed by atoms with Crippen molar-refractivity contribution in [1.29, 1.82) is 0 Å². The zero-order chi connectivity index (χ0) is 14.5. The van der Waals surface area contributed by atoms with Crippen molar-refractivity contribution in [1.82, 2.24) is 5.32 Å². The van der Waals surface area contributed by atoms with Crippen molar-refractivity contribution < 1.29 is 13.2 Å². The van der Waals surface area contributed by atoms with E-state index in [4.69, 9.17) is 0 Å². The summed E-state index contributed by atoms with van der Waals surface area (Å²) < 4.78 is 39.0. The van der Waals surface area contributed by atoms with Crippen LogP contribution in [0.15, 0.2) is 39.7 Å². The molecular weight excluding hydrogens is 283 g/mol. The van der Waals surface area contributed by atoms with Crippen LogP contribution in [0.5, 0.6) is 0 Å². The molecule has 5 heteroatoms. The molecular formula is C15H16F3NS. The predicted molar refractivity (Wildman–Crippen MR) is 74.3 cm³/mol. The first-order chi connectivity index (χ1) is 9.38.